The second kappa shape index (κ2) is 6.35. The Morgan fingerprint density at radius 2 is 1.86 bits per heavy atom. The van der Waals surface area contributed by atoms with Crippen molar-refractivity contribution in [3.05, 3.63) is 59.9 Å². The fourth-order valence-corrected chi connectivity index (χ4v) is 2.91. The number of hydrogen-bond acceptors (Lipinski definition) is 2. The summed E-state index contributed by atoms with van der Waals surface area (Å²) in [5.41, 5.74) is 3.51. The van der Waals surface area contributed by atoms with Gasteiger partial charge in [0.25, 0.3) is 0 Å². The predicted octanol–water partition coefficient (Wildman–Crippen LogP) is 4.72. The van der Waals surface area contributed by atoms with Crippen LogP contribution >= 0.6 is 12.6 Å². The third-order valence-corrected chi connectivity index (χ3v) is 4.14. The highest BCUT2D eigenvalue weighted by molar-refractivity contribution is 7.80. The van der Waals surface area contributed by atoms with Crippen LogP contribution in [0.2, 0.25) is 0 Å². The Morgan fingerprint density at radius 1 is 1.05 bits per heavy atom. The van der Waals surface area contributed by atoms with Crippen LogP contribution in [0, 0.1) is 0 Å². The molecule has 21 heavy (non-hydrogen) atoms. The van der Waals surface area contributed by atoms with Crippen LogP contribution in [0.4, 0.5) is 0 Å². The lowest BCUT2D eigenvalue weighted by molar-refractivity contribution is 0.623. The van der Waals surface area contributed by atoms with Gasteiger partial charge in [0.1, 0.15) is 11.3 Å². The smallest absolute Gasteiger partial charge is 0.114 e. The fraction of sp³-hybridized carbons (Fsp3) is 0.278. The van der Waals surface area contributed by atoms with Gasteiger partial charge in [-0.15, -0.1) is 12.6 Å². The Balaban J connectivity index is 2.05. The van der Waals surface area contributed by atoms with E-state index >= 15 is 0 Å². The molecule has 0 aliphatic carbocycles. The molecule has 0 aliphatic heterocycles. The van der Waals surface area contributed by atoms with Gasteiger partial charge in [0.05, 0.1) is 5.52 Å². The fourth-order valence-electron chi connectivity index (χ4n) is 2.66. The maximum Gasteiger partial charge on any atom is 0.114 e. The molecule has 2 nitrogen and oxygen atoms in total. The standard InChI is InChI=1S/C18H20N2S/c1-2-3-12-20-15-10-7-11-16(21)18(15)19-17(20)13-14-8-5-4-6-9-14/h4-11,21H,2-3,12-13H2,1H3. The Morgan fingerprint density at radius 3 is 2.62 bits per heavy atom. The van der Waals surface area contributed by atoms with E-state index in [0.29, 0.717) is 0 Å². The molecule has 3 rings (SSSR count). The van der Waals surface area contributed by atoms with Crippen molar-refractivity contribution in [2.24, 2.45) is 0 Å². The number of aromatic nitrogens is 2. The highest BCUT2D eigenvalue weighted by Crippen LogP contribution is 2.24. The number of hydrogen-bond donors (Lipinski definition) is 1. The van der Waals surface area contributed by atoms with Crippen LogP contribution in [0.1, 0.15) is 31.2 Å². The summed E-state index contributed by atoms with van der Waals surface area (Å²) in [6.45, 7) is 3.24. The Kier molecular flexibility index (Phi) is 4.30. The topological polar surface area (TPSA) is 17.8 Å². The predicted molar refractivity (Wildman–Crippen MR) is 91.1 cm³/mol. The van der Waals surface area contributed by atoms with Crippen molar-refractivity contribution in [1.29, 1.82) is 0 Å². The third kappa shape index (κ3) is 2.98. The minimum Gasteiger partial charge on any atom is -0.328 e. The second-order valence-corrected chi connectivity index (χ2v) is 5.82. The molecule has 0 spiro atoms. The number of aryl methyl sites for hydroxylation is 1. The Hall–Kier alpha value is -1.74. The van der Waals surface area contributed by atoms with Crippen LogP contribution < -0.4 is 0 Å². The van der Waals surface area contributed by atoms with Gasteiger partial charge in [-0.05, 0) is 24.1 Å². The van der Waals surface area contributed by atoms with E-state index in [0.717, 1.165) is 29.2 Å². The van der Waals surface area contributed by atoms with Crippen LogP contribution in [-0.4, -0.2) is 9.55 Å². The molecule has 0 amide bonds. The maximum absolute atomic E-state index is 4.85. The van der Waals surface area contributed by atoms with Crippen molar-refractivity contribution in [3.63, 3.8) is 0 Å². The number of fused-ring (bicyclic) bond motifs is 1. The van der Waals surface area contributed by atoms with Crippen LogP contribution in [0.15, 0.2) is 53.4 Å². The molecule has 0 bridgehead atoms. The molecule has 0 atom stereocenters. The van der Waals surface area contributed by atoms with Gasteiger partial charge in [0.15, 0.2) is 0 Å². The molecule has 1 aromatic heterocycles. The minimum atomic E-state index is 0.868. The summed E-state index contributed by atoms with van der Waals surface area (Å²) in [6, 6.07) is 16.7. The first-order valence-corrected chi connectivity index (χ1v) is 7.95. The highest BCUT2D eigenvalue weighted by atomic mass is 32.1. The first kappa shape index (κ1) is 14.2. The lowest BCUT2D eigenvalue weighted by Crippen LogP contribution is -2.04. The lowest BCUT2D eigenvalue weighted by atomic mass is 10.1. The number of nitrogens with zero attached hydrogens (tertiary/aromatic N) is 2. The first-order chi connectivity index (χ1) is 10.3. The van der Waals surface area contributed by atoms with Crippen LogP contribution in [0.25, 0.3) is 11.0 Å². The molecule has 0 radical (unpaired) electrons. The zero-order valence-corrected chi connectivity index (χ0v) is 13.2. The first-order valence-electron chi connectivity index (χ1n) is 7.50. The Bertz CT molecular complexity index is 732. The third-order valence-electron chi connectivity index (χ3n) is 3.78. The van der Waals surface area contributed by atoms with E-state index in [4.69, 9.17) is 4.98 Å². The number of unbranched alkanes of at least 4 members (excludes halogenated alkanes) is 1. The van der Waals surface area contributed by atoms with Crippen molar-refractivity contribution in [2.45, 2.75) is 37.6 Å². The molecule has 2 aromatic carbocycles. The SMILES string of the molecule is CCCCn1c(Cc2ccccc2)nc2c(S)cccc21. The lowest BCUT2D eigenvalue weighted by Gasteiger charge is -2.08. The van der Waals surface area contributed by atoms with E-state index < -0.39 is 0 Å². The van der Waals surface area contributed by atoms with Crippen LogP contribution in [0.5, 0.6) is 0 Å². The summed E-state index contributed by atoms with van der Waals surface area (Å²) >= 11 is 4.55. The summed E-state index contributed by atoms with van der Waals surface area (Å²) in [7, 11) is 0. The molecule has 0 fully saturated rings. The number of benzene rings is 2. The van der Waals surface area contributed by atoms with E-state index in [1.165, 1.54) is 23.9 Å². The van der Waals surface area contributed by atoms with Gasteiger partial charge in [-0.25, -0.2) is 4.98 Å². The van der Waals surface area contributed by atoms with Crippen molar-refractivity contribution in [1.82, 2.24) is 9.55 Å². The number of para-hydroxylation sites is 1. The molecule has 0 unspecified atom stereocenters. The zero-order valence-electron chi connectivity index (χ0n) is 12.3. The molecule has 3 aromatic rings. The summed E-state index contributed by atoms with van der Waals surface area (Å²) in [5, 5.41) is 0. The van der Waals surface area contributed by atoms with Gasteiger partial charge in [0.2, 0.25) is 0 Å². The van der Waals surface area contributed by atoms with E-state index in [1.54, 1.807) is 0 Å². The minimum absolute atomic E-state index is 0.868. The van der Waals surface area contributed by atoms with Gasteiger partial charge in [-0.3, -0.25) is 0 Å². The number of thiol groups is 1. The molecule has 0 saturated heterocycles. The van der Waals surface area contributed by atoms with Crippen molar-refractivity contribution in [2.75, 3.05) is 0 Å². The molecule has 108 valence electrons. The quantitative estimate of drug-likeness (QED) is 0.675. The average molecular weight is 296 g/mol. The molecule has 0 N–H and O–H groups in total. The van der Waals surface area contributed by atoms with Gasteiger partial charge in [0, 0.05) is 17.9 Å². The van der Waals surface area contributed by atoms with Crippen LogP contribution in [-0.2, 0) is 13.0 Å². The van der Waals surface area contributed by atoms with Gasteiger partial charge in [-0.2, -0.15) is 0 Å². The highest BCUT2D eigenvalue weighted by Gasteiger charge is 2.12. The summed E-state index contributed by atoms with van der Waals surface area (Å²) < 4.78 is 2.35. The average Bonchev–Trinajstić information content (AvgIpc) is 2.85. The summed E-state index contributed by atoms with van der Waals surface area (Å²) in [5.74, 6) is 1.13. The Labute approximate surface area is 131 Å². The molecule has 0 aliphatic rings. The normalized spacial score (nSPS) is 11.1. The maximum atomic E-state index is 4.85. The summed E-state index contributed by atoms with van der Waals surface area (Å²) in [4.78, 5) is 5.80. The van der Waals surface area contributed by atoms with Crippen molar-refractivity contribution >= 4 is 23.7 Å². The van der Waals surface area contributed by atoms with E-state index in [9.17, 15) is 0 Å². The van der Waals surface area contributed by atoms with E-state index in [-0.39, 0.29) is 0 Å². The molecular weight excluding hydrogens is 276 g/mol. The molecule has 1 heterocycles. The number of imidazole rings is 1. The van der Waals surface area contributed by atoms with E-state index in [2.05, 4.69) is 66.6 Å². The summed E-state index contributed by atoms with van der Waals surface area (Å²) in [6.07, 6.45) is 3.22. The monoisotopic (exact) mass is 296 g/mol. The van der Waals surface area contributed by atoms with Crippen molar-refractivity contribution in [3.8, 4) is 0 Å². The second-order valence-electron chi connectivity index (χ2n) is 5.34. The number of rotatable bonds is 5. The van der Waals surface area contributed by atoms with E-state index in [1.807, 2.05) is 6.07 Å². The van der Waals surface area contributed by atoms with Gasteiger partial charge in [-0.1, -0.05) is 49.7 Å². The zero-order chi connectivity index (χ0) is 14.7. The van der Waals surface area contributed by atoms with Crippen molar-refractivity contribution < 1.29 is 0 Å². The largest absolute Gasteiger partial charge is 0.328 e. The molecular formula is C18H20N2S. The van der Waals surface area contributed by atoms with Gasteiger partial charge >= 0.3 is 0 Å². The van der Waals surface area contributed by atoms with Crippen LogP contribution in [0.3, 0.4) is 0 Å². The van der Waals surface area contributed by atoms with Gasteiger partial charge < -0.3 is 4.57 Å². The molecule has 0 saturated carbocycles. The molecule has 3 heteroatoms.